The predicted molar refractivity (Wildman–Crippen MR) is 116 cm³/mol. The number of carbonyl (C=O) groups excluding carboxylic acids is 2. The summed E-state index contributed by atoms with van der Waals surface area (Å²) in [7, 11) is -3.77. The summed E-state index contributed by atoms with van der Waals surface area (Å²) in [5.41, 5.74) is 2.35. The van der Waals surface area contributed by atoms with Gasteiger partial charge in [-0.05, 0) is 42.0 Å². The Bertz CT molecular complexity index is 1160. The fourth-order valence-electron chi connectivity index (χ4n) is 2.70. The average Bonchev–Trinajstić information content (AvgIpc) is 2.77. The first kappa shape index (κ1) is 22.0. The first-order valence-electron chi connectivity index (χ1n) is 9.29. The molecule has 0 saturated heterocycles. The minimum absolute atomic E-state index is 0.0146. The van der Waals surface area contributed by atoms with E-state index in [4.69, 9.17) is 9.88 Å². The summed E-state index contributed by atoms with van der Waals surface area (Å²) in [6.45, 7) is -0.304. The Kier molecular flexibility index (Phi) is 7.01. The van der Waals surface area contributed by atoms with Crippen molar-refractivity contribution in [3.8, 4) is 0 Å². The highest BCUT2D eigenvalue weighted by molar-refractivity contribution is 7.89. The molecule has 0 aliphatic rings. The Morgan fingerprint density at radius 1 is 0.871 bits per heavy atom. The maximum atomic E-state index is 12.5. The molecule has 160 valence electrons. The second kappa shape index (κ2) is 9.88. The summed E-state index contributed by atoms with van der Waals surface area (Å²) in [5.74, 6) is -1.12. The average molecular weight is 439 g/mol. The fourth-order valence-corrected chi connectivity index (χ4v) is 3.22. The maximum Gasteiger partial charge on any atom is 0.340 e. The van der Waals surface area contributed by atoms with E-state index in [2.05, 4.69) is 10.6 Å². The summed E-state index contributed by atoms with van der Waals surface area (Å²) in [4.78, 5) is 24.5. The molecule has 0 aromatic heterocycles. The van der Waals surface area contributed by atoms with Gasteiger partial charge in [-0.15, -0.1) is 0 Å². The van der Waals surface area contributed by atoms with Crippen molar-refractivity contribution in [2.24, 2.45) is 5.14 Å². The minimum atomic E-state index is -3.77. The zero-order chi connectivity index (χ0) is 22.3. The highest BCUT2D eigenvalue weighted by atomic mass is 32.2. The van der Waals surface area contributed by atoms with Crippen LogP contribution in [-0.4, -0.2) is 26.9 Å². The van der Waals surface area contributed by atoms with Gasteiger partial charge in [-0.3, -0.25) is 4.79 Å². The van der Waals surface area contributed by atoms with Crippen molar-refractivity contribution in [1.29, 1.82) is 0 Å². The molecule has 3 aromatic carbocycles. The quantitative estimate of drug-likeness (QED) is 0.463. The Hall–Kier alpha value is -3.69. The summed E-state index contributed by atoms with van der Waals surface area (Å²) in [6, 6.07) is 22.0. The molecule has 31 heavy (non-hydrogen) atoms. The smallest absolute Gasteiger partial charge is 0.340 e. The number of amides is 1. The lowest BCUT2D eigenvalue weighted by molar-refractivity contribution is -0.124. The fraction of sp³-hybridized carbons (Fsp3) is 0.0909. The summed E-state index contributed by atoms with van der Waals surface area (Å²) < 4.78 is 27.6. The summed E-state index contributed by atoms with van der Waals surface area (Å²) in [5, 5.41) is 10.8. The SMILES string of the molecule is NS(=O)(=O)c1ccc(CNC(=O)COC(=O)c2ccccc2Nc2ccccc2)cc1. The van der Waals surface area contributed by atoms with Crippen molar-refractivity contribution in [2.45, 2.75) is 11.4 Å². The van der Waals surface area contributed by atoms with Gasteiger partial charge in [0.25, 0.3) is 5.91 Å². The number of primary sulfonamides is 1. The Labute approximate surface area is 180 Å². The molecule has 3 aromatic rings. The van der Waals surface area contributed by atoms with Crippen LogP contribution >= 0.6 is 0 Å². The van der Waals surface area contributed by atoms with Crippen LogP contribution in [0.1, 0.15) is 15.9 Å². The van der Waals surface area contributed by atoms with E-state index in [9.17, 15) is 18.0 Å². The number of carbonyl (C=O) groups is 2. The van der Waals surface area contributed by atoms with Gasteiger partial charge < -0.3 is 15.4 Å². The minimum Gasteiger partial charge on any atom is -0.452 e. The van der Waals surface area contributed by atoms with Crippen molar-refractivity contribution < 1.29 is 22.7 Å². The predicted octanol–water partition coefficient (Wildman–Crippen LogP) is 2.55. The van der Waals surface area contributed by atoms with E-state index < -0.39 is 28.5 Å². The largest absolute Gasteiger partial charge is 0.452 e. The van der Waals surface area contributed by atoms with Crippen LogP contribution in [0, 0.1) is 0 Å². The van der Waals surface area contributed by atoms with Crippen molar-refractivity contribution in [1.82, 2.24) is 5.32 Å². The van der Waals surface area contributed by atoms with Crippen LogP contribution in [-0.2, 0) is 26.1 Å². The Morgan fingerprint density at radius 2 is 1.52 bits per heavy atom. The van der Waals surface area contributed by atoms with Crippen LogP contribution in [0.4, 0.5) is 11.4 Å². The first-order valence-corrected chi connectivity index (χ1v) is 10.8. The van der Waals surface area contributed by atoms with Crippen molar-refractivity contribution in [3.05, 3.63) is 90.0 Å². The second-order valence-corrected chi connectivity index (χ2v) is 8.14. The van der Waals surface area contributed by atoms with E-state index in [0.717, 1.165) is 5.69 Å². The van der Waals surface area contributed by atoms with E-state index in [1.807, 2.05) is 30.3 Å². The van der Waals surface area contributed by atoms with Crippen molar-refractivity contribution in [2.75, 3.05) is 11.9 Å². The van der Waals surface area contributed by atoms with Gasteiger partial charge in [-0.2, -0.15) is 0 Å². The molecule has 0 radical (unpaired) electrons. The number of hydrogen-bond donors (Lipinski definition) is 3. The number of nitrogens with one attached hydrogen (secondary N) is 2. The van der Waals surface area contributed by atoms with Crippen LogP contribution in [0.5, 0.6) is 0 Å². The number of sulfonamides is 1. The van der Waals surface area contributed by atoms with E-state index in [1.54, 1.807) is 24.3 Å². The molecule has 3 rings (SSSR count). The third-order valence-electron chi connectivity index (χ3n) is 4.28. The molecule has 0 spiro atoms. The normalized spacial score (nSPS) is 10.9. The second-order valence-electron chi connectivity index (χ2n) is 6.58. The number of para-hydroxylation sites is 2. The number of benzene rings is 3. The highest BCUT2D eigenvalue weighted by Gasteiger charge is 2.14. The van der Waals surface area contributed by atoms with E-state index in [0.29, 0.717) is 16.8 Å². The van der Waals surface area contributed by atoms with Crippen LogP contribution < -0.4 is 15.8 Å². The van der Waals surface area contributed by atoms with Crippen molar-refractivity contribution >= 4 is 33.3 Å². The van der Waals surface area contributed by atoms with Gasteiger partial charge in [0.2, 0.25) is 10.0 Å². The molecule has 0 aliphatic heterocycles. The summed E-state index contributed by atoms with van der Waals surface area (Å²) in [6.07, 6.45) is 0. The third-order valence-corrected chi connectivity index (χ3v) is 5.20. The molecule has 0 saturated carbocycles. The van der Waals surface area contributed by atoms with Gasteiger partial charge in [0.15, 0.2) is 6.61 Å². The molecule has 0 bridgehead atoms. The van der Waals surface area contributed by atoms with Gasteiger partial charge in [0, 0.05) is 12.2 Å². The molecule has 8 nitrogen and oxygen atoms in total. The number of nitrogens with two attached hydrogens (primary N) is 1. The topological polar surface area (TPSA) is 128 Å². The van der Waals surface area contributed by atoms with Gasteiger partial charge >= 0.3 is 5.97 Å². The Balaban J connectivity index is 1.53. The zero-order valence-electron chi connectivity index (χ0n) is 16.4. The molecule has 0 heterocycles. The van der Waals surface area contributed by atoms with Gasteiger partial charge in [0.1, 0.15) is 0 Å². The third kappa shape index (κ3) is 6.39. The zero-order valence-corrected chi connectivity index (χ0v) is 17.3. The van der Waals surface area contributed by atoms with Gasteiger partial charge in [-0.25, -0.2) is 18.4 Å². The van der Waals surface area contributed by atoms with Gasteiger partial charge in [-0.1, -0.05) is 42.5 Å². The van der Waals surface area contributed by atoms with Crippen LogP contribution in [0.2, 0.25) is 0 Å². The number of rotatable bonds is 8. The lowest BCUT2D eigenvalue weighted by Gasteiger charge is -2.12. The monoisotopic (exact) mass is 439 g/mol. The van der Waals surface area contributed by atoms with E-state index >= 15 is 0 Å². The van der Waals surface area contributed by atoms with Gasteiger partial charge in [0.05, 0.1) is 16.1 Å². The molecular weight excluding hydrogens is 418 g/mol. The highest BCUT2D eigenvalue weighted by Crippen LogP contribution is 2.21. The van der Waals surface area contributed by atoms with Crippen LogP contribution in [0.25, 0.3) is 0 Å². The number of anilines is 2. The molecule has 0 unspecified atom stereocenters. The molecule has 0 fully saturated rings. The number of ether oxygens (including phenoxy) is 1. The molecule has 9 heteroatoms. The first-order chi connectivity index (χ1) is 14.8. The molecule has 1 amide bonds. The Morgan fingerprint density at radius 3 is 2.19 bits per heavy atom. The molecule has 0 aliphatic carbocycles. The van der Waals surface area contributed by atoms with Crippen molar-refractivity contribution in [3.63, 3.8) is 0 Å². The maximum absolute atomic E-state index is 12.5. The van der Waals surface area contributed by atoms with E-state index in [-0.39, 0.29) is 11.4 Å². The lowest BCUT2D eigenvalue weighted by Crippen LogP contribution is -2.28. The van der Waals surface area contributed by atoms with E-state index in [1.165, 1.54) is 24.3 Å². The van der Waals surface area contributed by atoms with Crippen LogP contribution in [0.3, 0.4) is 0 Å². The molecular formula is C22H21N3O5S. The lowest BCUT2D eigenvalue weighted by atomic mass is 10.1. The standard InChI is InChI=1S/C22H21N3O5S/c23-31(28,29)18-12-10-16(11-13-18)14-24-21(26)15-30-22(27)19-8-4-5-9-20(19)25-17-6-2-1-3-7-17/h1-13,25H,14-15H2,(H,24,26)(H2,23,28,29). The molecule has 0 atom stereocenters. The molecule has 4 N–H and O–H groups in total. The number of hydrogen-bond acceptors (Lipinski definition) is 6. The number of esters is 1. The van der Waals surface area contributed by atoms with Crippen LogP contribution in [0.15, 0.2) is 83.8 Å². The summed E-state index contributed by atoms with van der Waals surface area (Å²) >= 11 is 0.